The van der Waals surface area contributed by atoms with Gasteiger partial charge in [0, 0.05) is 11.1 Å². The highest BCUT2D eigenvalue weighted by molar-refractivity contribution is 6.07. The summed E-state index contributed by atoms with van der Waals surface area (Å²) in [5.74, 6) is 0.567. The monoisotopic (exact) mass is 402 g/mol. The molecule has 0 fully saturated rings. The predicted octanol–water partition coefficient (Wildman–Crippen LogP) is 3.56. The average Bonchev–Trinajstić information content (AvgIpc) is 3.34. The van der Waals surface area contributed by atoms with Crippen LogP contribution in [0.1, 0.15) is 22.3 Å². The van der Waals surface area contributed by atoms with Crippen molar-refractivity contribution in [1.82, 2.24) is 0 Å². The summed E-state index contributed by atoms with van der Waals surface area (Å²) in [7, 11) is 1.55. The molecule has 6 nitrogen and oxygen atoms in total. The summed E-state index contributed by atoms with van der Waals surface area (Å²) >= 11 is 0. The highest BCUT2D eigenvalue weighted by Gasteiger charge is 2.48. The van der Waals surface area contributed by atoms with E-state index in [0.29, 0.717) is 45.1 Å². The molecule has 0 aromatic heterocycles. The Bertz CT molecular complexity index is 1190. The number of methoxy groups -OCH3 is 1. The maximum absolute atomic E-state index is 12.5. The van der Waals surface area contributed by atoms with E-state index in [1.165, 1.54) is 0 Å². The van der Waals surface area contributed by atoms with Crippen molar-refractivity contribution in [3.05, 3.63) is 94.6 Å². The van der Waals surface area contributed by atoms with Crippen LogP contribution in [0, 0.1) is 0 Å². The van der Waals surface area contributed by atoms with Crippen molar-refractivity contribution in [1.29, 1.82) is 0 Å². The quantitative estimate of drug-likeness (QED) is 0.694. The number of ether oxygens (including phenoxy) is 3. The Morgan fingerprint density at radius 3 is 2.47 bits per heavy atom. The summed E-state index contributed by atoms with van der Waals surface area (Å²) in [5.41, 5.74) is 0.785. The molecule has 1 atom stereocenters. The van der Waals surface area contributed by atoms with E-state index in [4.69, 9.17) is 14.2 Å². The van der Waals surface area contributed by atoms with Gasteiger partial charge in [0.2, 0.25) is 6.79 Å². The van der Waals surface area contributed by atoms with E-state index in [9.17, 15) is 15.0 Å². The molecule has 0 amide bonds. The fourth-order valence-corrected chi connectivity index (χ4v) is 4.21. The molecule has 0 spiro atoms. The van der Waals surface area contributed by atoms with Crippen LogP contribution < -0.4 is 14.2 Å². The van der Waals surface area contributed by atoms with Gasteiger partial charge in [0.25, 0.3) is 0 Å². The topological polar surface area (TPSA) is 85.2 Å². The second-order valence-corrected chi connectivity index (χ2v) is 7.11. The number of carboxylic acid groups (broad SMARTS) is 1. The van der Waals surface area contributed by atoms with Gasteiger partial charge in [-0.15, -0.1) is 0 Å². The Labute approximate surface area is 172 Å². The smallest absolute Gasteiger partial charge is 0.335 e. The van der Waals surface area contributed by atoms with Crippen LogP contribution in [0.15, 0.2) is 72.3 Å². The largest absolute Gasteiger partial charge is 0.497 e. The van der Waals surface area contributed by atoms with Gasteiger partial charge < -0.3 is 24.4 Å². The third-order valence-electron chi connectivity index (χ3n) is 5.58. The van der Waals surface area contributed by atoms with Crippen molar-refractivity contribution in [3.63, 3.8) is 0 Å². The summed E-state index contributed by atoms with van der Waals surface area (Å²) in [6.07, 6.45) is 0. The first-order valence-electron chi connectivity index (χ1n) is 9.39. The maximum atomic E-state index is 12.5. The summed E-state index contributed by atoms with van der Waals surface area (Å²) < 4.78 is 16.1. The van der Waals surface area contributed by atoms with E-state index in [1.54, 1.807) is 61.7 Å². The third kappa shape index (κ3) is 2.51. The highest BCUT2D eigenvalue weighted by atomic mass is 16.7. The lowest BCUT2D eigenvalue weighted by Gasteiger charge is -2.27. The third-order valence-corrected chi connectivity index (χ3v) is 5.58. The van der Waals surface area contributed by atoms with Gasteiger partial charge in [-0.25, -0.2) is 4.79 Å². The molecule has 1 aliphatic carbocycles. The second-order valence-electron chi connectivity index (χ2n) is 7.11. The fourth-order valence-electron chi connectivity index (χ4n) is 4.21. The first kappa shape index (κ1) is 18.3. The van der Waals surface area contributed by atoms with Crippen LogP contribution in [-0.2, 0) is 10.4 Å². The van der Waals surface area contributed by atoms with E-state index in [1.807, 2.05) is 12.1 Å². The minimum absolute atomic E-state index is 0.104. The Hall–Kier alpha value is -3.77. The van der Waals surface area contributed by atoms with E-state index >= 15 is 0 Å². The number of hydrogen-bond donors (Lipinski definition) is 2. The summed E-state index contributed by atoms with van der Waals surface area (Å²) in [5, 5.41) is 22.1. The van der Waals surface area contributed by atoms with E-state index in [0.717, 1.165) is 0 Å². The molecule has 1 aliphatic heterocycles. The number of fused-ring (bicyclic) bond motifs is 2. The van der Waals surface area contributed by atoms with Gasteiger partial charge in [-0.05, 0) is 41.0 Å². The fraction of sp³-hybridized carbons (Fsp3) is 0.125. The summed E-state index contributed by atoms with van der Waals surface area (Å²) in [6, 6.07) is 19.2. The molecule has 1 heterocycles. The van der Waals surface area contributed by atoms with Crippen LogP contribution in [0.5, 0.6) is 17.2 Å². The standard InChI is InChI=1S/C24H18O6/c1-28-16-9-7-15(8-10-16)24(27)18-5-3-2-4-17(18)21(22(24)23(25)26)14-6-11-19-20(12-14)30-13-29-19/h2-12,27H,13H2,1H3,(H,25,26). The van der Waals surface area contributed by atoms with Crippen molar-refractivity contribution in [2.75, 3.05) is 13.9 Å². The predicted molar refractivity (Wildman–Crippen MR) is 109 cm³/mol. The molecule has 0 radical (unpaired) electrons. The summed E-state index contributed by atoms with van der Waals surface area (Å²) in [4.78, 5) is 12.5. The number of aliphatic carboxylic acids is 1. The normalized spacial score (nSPS) is 19.0. The molecule has 5 rings (SSSR count). The zero-order chi connectivity index (χ0) is 20.9. The molecule has 2 N–H and O–H groups in total. The number of carbonyl (C=O) groups is 1. The molecule has 1 unspecified atom stereocenters. The molecule has 0 saturated heterocycles. The van der Waals surface area contributed by atoms with E-state index in [2.05, 4.69) is 0 Å². The van der Waals surface area contributed by atoms with Crippen molar-refractivity contribution in [2.45, 2.75) is 5.60 Å². The van der Waals surface area contributed by atoms with Gasteiger partial charge in [-0.1, -0.05) is 42.5 Å². The van der Waals surface area contributed by atoms with E-state index < -0.39 is 11.6 Å². The van der Waals surface area contributed by atoms with Crippen LogP contribution in [0.3, 0.4) is 0 Å². The minimum Gasteiger partial charge on any atom is -0.497 e. The summed E-state index contributed by atoms with van der Waals surface area (Å²) in [6.45, 7) is 0.121. The van der Waals surface area contributed by atoms with Gasteiger partial charge in [0.1, 0.15) is 11.4 Å². The van der Waals surface area contributed by atoms with Crippen LogP contribution >= 0.6 is 0 Å². The zero-order valence-electron chi connectivity index (χ0n) is 16.1. The first-order chi connectivity index (χ1) is 14.5. The van der Waals surface area contributed by atoms with Crippen LogP contribution in [0.4, 0.5) is 0 Å². The van der Waals surface area contributed by atoms with Crippen LogP contribution in [-0.4, -0.2) is 30.1 Å². The van der Waals surface area contributed by atoms with E-state index in [-0.39, 0.29) is 12.4 Å². The first-order valence-corrected chi connectivity index (χ1v) is 9.39. The molecule has 0 bridgehead atoms. The molecule has 6 heteroatoms. The minimum atomic E-state index is -1.82. The maximum Gasteiger partial charge on any atom is 0.335 e. The number of carboxylic acids is 1. The number of rotatable bonds is 4. The van der Waals surface area contributed by atoms with Crippen LogP contribution in [0.2, 0.25) is 0 Å². The molecule has 2 aliphatic rings. The number of hydrogen-bond acceptors (Lipinski definition) is 5. The Morgan fingerprint density at radius 1 is 1.00 bits per heavy atom. The van der Waals surface area contributed by atoms with Crippen molar-refractivity contribution < 1.29 is 29.2 Å². The second kappa shape index (κ2) is 6.64. The van der Waals surface area contributed by atoms with Crippen molar-refractivity contribution in [2.24, 2.45) is 0 Å². The van der Waals surface area contributed by atoms with Crippen molar-refractivity contribution >= 4 is 11.5 Å². The lowest BCUT2D eigenvalue weighted by Crippen LogP contribution is -2.31. The van der Waals surface area contributed by atoms with Crippen molar-refractivity contribution in [3.8, 4) is 17.2 Å². The zero-order valence-corrected chi connectivity index (χ0v) is 16.1. The molecule has 150 valence electrons. The highest BCUT2D eigenvalue weighted by Crippen LogP contribution is 2.52. The Morgan fingerprint density at radius 2 is 1.73 bits per heavy atom. The lowest BCUT2D eigenvalue weighted by atomic mass is 9.83. The molecule has 3 aromatic rings. The molecule has 0 saturated carbocycles. The van der Waals surface area contributed by atoms with Gasteiger partial charge in [0.15, 0.2) is 11.5 Å². The van der Waals surface area contributed by atoms with Gasteiger partial charge in [0.05, 0.1) is 12.7 Å². The number of aliphatic hydroxyl groups is 1. The van der Waals surface area contributed by atoms with Gasteiger partial charge in [-0.3, -0.25) is 0 Å². The lowest BCUT2D eigenvalue weighted by molar-refractivity contribution is -0.134. The molecule has 3 aromatic carbocycles. The molecular formula is C24H18O6. The van der Waals surface area contributed by atoms with Gasteiger partial charge >= 0.3 is 5.97 Å². The SMILES string of the molecule is COc1ccc(C2(O)C(C(=O)O)=C(c3ccc4c(c3)OCO4)c3ccccc32)cc1. The number of benzene rings is 3. The molecule has 30 heavy (non-hydrogen) atoms. The molecular weight excluding hydrogens is 384 g/mol. The van der Waals surface area contributed by atoms with Gasteiger partial charge in [-0.2, -0.15) is 0 Å². The average molecular weight is 402 g/mol. The Kier molecular flexibility index (Phi) is 4.04. The Balaban J connectivity index is 1.79. The van der Waals surface area contributed by atoms with Crippen LogP contribution in [0.25, 0.3) is 5.57 Å².